The van der Waals surface area contributed by atoms with Gasteiger partial charge in [0.15, 0.2) is 0 Å². The van der Waals surface area contributed by atoms with Crippen LogP contribution in [0.3, 0.4) is 0 Å². The van der Waals surface area contributed by atoms with E-state index < -0.39 is 9.84 Å². The average Bonchev–Trinajstić information content (AvgIpc) is 2.92. The molecule has 0 spiro atoms. The predicted octanol–water partition coefficient (Wildman–Crippen LogP) is 4.28. The summed E-state index contributed by atoms with van der Waals surface area (Å²) in [7, 11) is -3.37. The quantitative estimate of drug-likeness (QED) is 0.473. The van der Waals surface area contributed by atoms with Gasteiger partial charge in [0.2, 0.25) is 15.0 Å². The maximum absolute atomic E-state index is 12.0. The smallest absolute Gasteiger partial charge is 0.228 e. The summed E-state index contributed by atoms with van der Waals surface area (Å²) in [6.07, 6.45) is 2.02. The lowest BCUT2D eigenvalue weighted by Crippen LogP contribution is -2.10. The summed E-state index contributed by atoms with van der Waals surface area (Å²) in [5.74, 6) is 0.847. The number of hydrogen-bond donors (Lipinski definition) is 0. The lowest BCUT2D eigenvalue weighted by atomic mass is 10.3. The maximum atomic E-state index is 12.0. The van der Waals surface area contributed by atoms with Gasteiger partial charge in [0, 0.05) is 17.7 Å². The van der Waals surface area contributed by atoms with Crippen LogP contribution in [0.15, 0.2) is 58.6 Å². The van der Waals surface area contributed by atoms with E-state index in [0.717, 1.165) is 27.6 Å². The number of rotatable bonds is 6. The molecule has 0 aliphatic carbocycles. The Morgan fingerprint density at radius 2 is 1.83 bits per heavy atom. The summed E-state index contributed by atoms with van der Waals surface area (Å²) < 4.78 is 25.8. The summed E-state index contributed by atoms with van der Waals surface area (Å²) in [4.78, 5) is 5.32. The zero-order valence-electron chi connectivity index (χ0n) is 13.1. The van der Waals surface area contributed by atoms with Gasteiger partial charge in [-0.2, -0.15) is 0 Å². The Morgan fingerprint density at radius 3 is 2.58 bits per heavy atom. The Bertz CT molecular complexity index is 968. The Hall–Kier alpha value is -1.50. The molecule has 0 saturated carbocycles. The molecule has 3 aromatic rings. The van der Waals surface area contributed by atoms with Crippen molar-refractivity contribution in [2.75, 3.05) is 12.0 Å². The third kappa shape index (κ3) is 3.77. The fourth-order valence-corrected chi connectivity index (χ4v) is 4.55. The second-order valence-electron chi connectivity index (χ2n) is 5.44. The molecule has 1 heterocycles. The molecule has 0 fully saturated rings. The standard InChI is InChI=1S/C17H17ClN2O2S2/c1-24(21,22)17-19-14-8-3-4-9-15(14)20(17)11-6-12-23-16-10-5-2-7-13(16)18/h2-5,7-10H,6,11-12H2,1H3. The van der Waals surface area contributed by atoms with Crippen LogP contribution >= 0.6 is 23.4 Å². The number of aromatic nitrogens is 2. The van der Waals surface area contributed by atoms with Crippen LogP contribution in [0, 0.1) is 0 Å². The van der Waals surface area contributed by atoms with Crippen LogP contribution in [0.25, 0.3) is 11.0 Å². The van der Waals surface area contributed by atoms with Crippen molar-refractivity contribution >= 4 is 44.2 Å². The number of benzene rings is 2. The van der Waals surface area contributed by atoms with Crippen LogP contribution in [-0.4, -0.2) is 30.0 Å². The molecule has 126 valence electrons. The van der Waals surface area contributed by atoms with Crippen LogP contribution < -0.4 is 0 Å². The van der Waals surface area contributed by atoms with E-state index in [2.05, 4.69) is 4.98 Å². The SMILES string of the molecule is CS(=O)(=O)c1nc2ccccc2n1CCCSc1ccccc1Cl. The highest BCUT2D eigenvalue weighted by molar-refractivity contribution is 7.99. The van der Waals surface area contributed by atoms with Gasteiger partial charge in [0.05, 0.1) is 16.1 Å². The minimum absolute atomic E-state index is 0.131. The molecule has 0 bridgehead atoms. The average molecular weight is 381 g/mol. The molecule has 0 saturated heterocycles. The monoisotopic (exact) mass is 380 g/mol. The highest BCUT2D eigenvalue weighted by Crippen LogP contribution is 2.27. The highest BCUT2D eigenvalue weighted by Gasteiger charge is 2.18. The Balaban J connectivity index is 1.76. The minimum atomic E-state index is -3.37. The van der Waals surface area contributed by atoms with Gasteiger partial charge in [-0.15, -0.1) is 11.8 Å². The van der Waals surface area contributed by atoms with Crippen molar-refractivity contribution in [2.24, 2.45) is 0 Å². The predicted molar refractivity (Wildman–Crippen MR) is 99.6 cm³/mol. The molecule has 0 atom stereocenters. The van der Waals surface area contributed by atoms with Crippen LogP contribution in [0.5, 0.6) is 0 Å². The van der Waals surface area contributed by atoms with Crippen LogP contribution in [-0.2, 0) is 16.4 Å². The number of imidazole rings is 1. The molecular weight excluding hydrogens is 364 g/mol. The number of fused-ring (bicyclic) bond motifs is 1. The fourth-order valence-electron chi connectivity index (χ4n) is 2.52. The molecule has 0 amide bonds. The molecule has 7 heteroatoms. The summed E-state index contributed by atoms with van der Waals surface area (Å²) >= 11 is 7.82. The second-order valence-corrected chi connectivity index (χ2v) is 8.89. The first-order valence-electron chi connectivity index (χ1n) is 7.49. The van der Waals surface area contributed by atoms with Crippen LogP contribution in [0.1, 0.15) is 6.42 Å². The van der Waals surface area contributed by atoms with Gasteiger partial charge in [-0.3, -0.25) is 0 Å². The number of hydrogen-bond acceptors (Lipinski definition) is 4. The van der Waals surface area contributed by atoms with E-state index in [1.54, 1.807) is 16.3 Å². The van der Waals surface area contributed by atoms with Crippen molar-refractivity contribution in [1.82, 2.24) is 9.55 Å². The Labute approximate surface area is 150 Å². The van der Waals surface area contributed by atoms with E-state index in [1.807, 2.05) is 48.5 Å². The van der Waals surface area contributed by atoms with Crippen molar-refractivity contribution in [3.8, 4) is 0 Å². The number of halogens is 1. The molecule has 0 radical (unpaired) electrons. The number of nitrogens with zero attached hydrogens (tertiary/aromatic N) is 2. The first-order chi connectivity index (χ1) is 11.5. The number of para-hydroxylation sites is 2. The highest BCUT2D eigenvalue weighted by atomic mass is 35.5. The van der Waals surface area contributed by atoms with Crippen molar-refractivity contribution in [3.05, 3.63) is 53.6 Å². The Morgan fingerprint density at radius 1 is 1.12 bits per heavy atom. The normalized spacial score (nSPS) is 11.9. The molecule has 0 N–H and O–H groups in total. The topological polar surface area (TPSA) is 52.0 Å². The Kier molecular flexibility index (Phi) is 5.18. The van der Waals surface area contributed by atoms with Gasteiger partial charge in [0.25, 0.3) is 0 Å². The molecule has 0 unspecified atom stereocenters. The molecule has 2 aromatic carbocycles. The van der Waals surface area contributed by atoms with Crippen LogP contribution in [0.4, 0.5) is 0 Å². The van der Waals surface area contributed by atoms with E-state index in [4.69, 9.17) is 11.6 Å². The fraction of sp³-hybridized carbons (Fsp3) is 0.235. The van der Waals surface area contributed by atoms with Crippen molar-refractivity contribution in [2.45, 2.75) is 23.0 Å². The largest absolute Gasteiger partial charge is 0.315 e. The molecule has 0 aliphatic heterocycles. The summed E-state index contributed by atoms with van der Waals surface area (Å²) in [6, 6.07) is 15.2. The van der Waals surface area contributed by atoms with Gasteiger partial charge < -0.3 is 4.57 Å². The van der Waals surface area contributed by atoms with Crippen molar-refractivity contribution < 1.29 is 8.42 Å². The minimum Gasteiger partial charge on any atom is -0.315 e. The number of sulfone groups is 1. The van der Waals surface area contributed by atoms with E-state index in [0.29, 0.717) is 12.1 Å². The summed E-state index contributed by atoms with van der Waals surface area (Å²) in [5, 5.41) is 0.874. The van der Waals surface area contributed by atoms with E-state index in [9.17, 15) is 8.42 Å². The third-order valence-electron chi connectivity index (χ3n) is 3.57. The van der Waals surface area contributed by atoms with Gasteiger partial charge in [-0.1, -0.05) is 35.9 Å². The van der Waals surface area contributed by atoms with Gasteiger partial charge in [0.1, 0.15) is 0 Å². The first kappa shape index (κ1) is 17.3. The molecule has 3 rings (SSSR count). The molecule has 1 aromatic heterocycles. The third-order valence-corrected chi connectivity index (χ3v) is 6.15. The van der Waals surface area contributed by atoms with Gasteiger partial charge in [-0.25, -0.2) is 13.4 Å². The van der Waals surface area contributed by atoms with Crippen LogP contribution in [0.2, 0.25) is 5.02 Å². The summed E-state index contributed by atoms with van der Waals surface area (Å²) in [6.45, 7) is 0.598. The van der Waals surface area contributed by atoms with Crippen molar-refractivity contribution in [3.63, 3.8) is 0 Å². The lowest BCUT2D eigenvalue weighted by molar-refractivity contribution is 0.568. The molecule has 0 aliphatic rings. The lowest BCUT2D eigenvalue weighted by Gasteiger charge is -2.08. The number of thioether (sulfide) groups is 1. The zero-order chi connectivity index (χ0) is 17.2. The second kappa shape index (κ2) is 7.17. The summed E-state index contributed by atoms with van der Waals surface area (Å²) in [5.41, 5.74) is 1.55. The van der Waals surface area contributed by atoms with Gasteiger partial charge in [-0.05, 0) is 36.4 Å². The van der Waals surface area contributed by atoms with E-state index in [1.165, 1.54) is 6.26 Å². The van der Waals surface area contributed by atoms with E-state index >= 15 is 0 Å². The maximum Gasteiger partial charge on any atom is 0.228 e. The van der Waals surface area contributed by atoms with Gasteiger partial charge >= 0.3 is 0 Å². The zero-order valence-corrected chi connectivity index (χ0v) is 15.5. The molecular formula is C17H17ClN2O2S2. The molecule has 24 heavy (non-hydrogen) atoms. The van der Waals surface area contributed by atoms with Crippen molar-refractivity contribution in [1.29, 1.82) is 0 Å². The number of aryl methyl sites for hydroxylation is 1. The molecule has 4 nitrogen and oxygen atoms in total. The van der Waals surface area contributed by atoms with E-state index in [-0.39, 0.29) is 5.16 Å². The first-order valence-corrected chi connectivity index (χ1v) is 10.7.